The highest BCUT2D eigenvalue weighted by molar-refractivity contribution is 7.89. The standard InChI is InChI=1S/C21H27ClN2O4S/c1-6-24(7-2)29(26,27)17-8-9-19(18(22)12-17)28-13-20(25)23-21-15(4)10-14(3)11-16(21)5/h8-12H,6-7,13H2,1-5H3,(H,23,25). The molecule has 8 heteroatoms. The third-order valence-corrected chi connectivity index (χ3v) is 6.89. The summed E-state index contributed by atoms with van der Waals surface area (Å²) in [6, 6.07) is 8.23. The predicted octanol–water partition coefficient (Wildman–Crippen LogP) is 4.31. The molecular formula is C21H27ClN2O4S. The van der Waals surface area contributed by atoms with Gasteiger partial charge in [0.2, 0.25) is 10.0 Å². The van der Waals surface area contributed by atoms with Crippen LogP contribution in [0.5, 0.6) is 5.75 Å². The molecule has 2 aromatic carbocycles. The minimum atomic E-state index is -3.61. The van der Waals surface area contributed by atoms with Crippen molar-refractivity contribution in [1.82, 2.24) is 4.31 Å². The number of hydrogen-bond acceptors (Lipinski definition) is 4. The van der Waals surface area contributed by atoms with Crippen LogP contribution in [-0.2, 0) is 14.8 Å². The highest BCUT2D eigenvalue weighted by atomic mass is 35.5. The number of benzene rings is 2. The second-order valence-electron chi connectivity index (χ2n) is 6.79. The fourth-order valence-corrected chi connectivity index (χ4v) is 4.95. The van der Waals surface area contributed by atoms with Crippen molar-refractivity contribution < 1.29 is 17.9 Å². The molecule has 158 valence electrons. The van der Waals surface area contributed by atoms with Gasteiger partial charge < -0.3 is 10.1 Å². The highest BCUT2D eigenvalue weighted by Crippen LogP contribution is 2.29. The minimum absolute atomic E-state index is 0.0916. The Morgan fingerprint density at radius 3 is 2.17 bits per heavy atom. The van der Waals surface area contributed by atoms with Crippen molar-refractivity contribution in [2.45, 2.75) is 39.5 Å². The van der Waals surface area contributed by atoms with E-state index in [1.54, 1.807) is 13.8 Å². The molecule has 0 aliphatic rings. The molecule has 1 N–H and O–H groups in total. The Morgan fingerprint density at radius 2 is 1.66 bits per heavy atom. The normalized spacial score (nSPS) is 11.6. The van der Waals surface area contributed by atoms with E-state index in [1.165, 1.54) is 22.5 Å². The third kappa shape index (κ3) is 5.50. The van der Waals surface area contributed by atoms with E-state index in [0.29, 0.717) is 13.1 Å². The molecule has 0 fully saturated rings. The number of ether oxygens (including phenoxy) is 1. The topological polar surface area (TPSA) is 75.7 Å². The molecule has 6 nitrogen and oxygen atoms in total. The second-order valence-corrected chi connectivity index (χ2v) is 9.14. The summed E-state index contributed by atoms with van der Waals surface area (Å²) >= 11 is 6.20. The van der Waals surface area contributed by atoms with E-state index < -0.39 is 10.0 Å². The van der Waals surface area contributed by atoms with Gasteiger partial charge in [0, 0.05) is 18.8 Å². The minimum Gasteiger partial charge on any atom is -0.482 e. The molecule has 0 radical (unpaired) electrons. The van der Waals surface area contributed by atoms with Gasteiger partial charge in [-0.2, -0.15) is 4.31 Å². The molecule has 1 amide bonds. The molecule has 2 aromatic rings. The molecule has 29 heavy (non-hydrogen) atoms. The van der Waals surface area contributed by atoms with E-state index in [-0.39, 0.29) is 28.2 Å². The number of aryl methyl sites for hydroxylation is 3. The number of halogens is 1. The van der Waals surface area contributed by atoms with Gasteiger partial charge in [0.25, 0.3) is 5.91 Å². The van der Waals surface area contributed by atoms with Gasteiger partial charge in [-0.05, 0) is 50.1 Å². The summed E-state index contributed by atoms with van der Waals surface area (Å²) in [6.45, 7) is 9.91. The maximum Gasteiger partial charge on any atom is 0.262 e. The van der Waals surface area contributed by atoms with Gasteiger partial charge in [0.1, 0.15) is 5.75 Å². The molecule has 0 saturated carbocycles. The highest BCUT2D eigenvalue weighted by Gasteiger charge is 2.22. The number of carbonyl (C=O) groups excluding carboxylic acids is 1. The first-order valence-electron chi connectivity index (χ1n) is 9.40. The first-order valence-corrected chi connectivity index (χ1v) is 11.2. The van der Waals surface area contributed by atoms with E-state index in [2.05, 4.69) is 5.32 Å². The monoisotopic (exact) mass is 438 g/mol. The van der Waals surface area contributed by atoms with Crippen molar-refractivity contribution in [2.24, 2.45) is 0 Å². The fourth-order valence-electron chi connectivity index (χ4n) is 3.17. The predicted molar refractivity (Wildman–Crippen MR) is 116 cm³/mol. The molecule has 0 spiro atoms. The second kappa shape index (κ2) is 9.61. The molecule has 0 bridgehead atoms. The van der Waals surface area contributed by atoms with Crippen molar-refractivity contribution in [3.05, 3.63) is 52.0 Å². The number of anilines is 1. The quantitative estimate of drug-likeness (QED) is 0.666. The number of nitrogens with zero attached hydrogens (tertiary/aromatic N) is 1. The average Bonchev–Trinajstić information content (AvgIpc) is 2.64. The van der Waals surface area contributed by atoms with Gasteiger partial charge in [-0.3, -0.25) is 4.79 Å². The molecule has 0 aromatic heterocycles. The number of amides is 1. The molecular weight excluding hydrogens is 412 g/mol. The van der Waals surface area contributed by atoms with Crippen LogP contribution in [0.3, 0.4) is 0 Å². The first kappa shape index (κ1) is 23.2. The summed E-state index contributed by atoms with van der Waals surface area (Å²) in [5, 5.41) is 2.98. The summed E-state index contributed by atoms with van der Waals surface area (Å²) in [6.07, 6.45) is 0. The van der Waals surface area contributed by atoms with Crippen LogP contribution in [0, 0.1) is 20.8 Å². The first-order chi connectivity index (χ1) is 13.6. The van der Waals surface area contributed by atoms with Gasteiger partial charge in [0.15, 0.2) is 6.61 Å². The summed E-state index contributed by atoms with van der Waals surface area (Å²) in [5.74, 6) is -0.0753. The zero-order valence-corrected chi connectivity index (χ0v) is 18.9. The van der Waals surface area contributed by atoms with Crippen LogP contribution in [0.1, 0.15) is 30.5 Å². The van der Waals surface area contributed by atoms with Crippen molar-refractivity contribution >= 4 is 33.2 Å². The Balaban J connectivity index is 2.09. The number of rotatable bonds is 8. The molecule has 0 atom stereocenters. The van der Waals surface area contributed by atoms with Crippen molar-refractivity contribution in [2.75, 3.05) is 25.0 Å². The summed E-state index contributed by atoms with van der Waals surface area (Å²) in [4.78, 5) is 12.4. The molecule has 0 unspecified atom stereocenters. The van der Waals surface area contributed by atoms with Gasteiger partial charge in [-0.1, -0.05) is 43.1 Å². The van der Waals surface area contributed by atoms with Crippen LogP contribution in [0.4, 0.5) is 5.69 Å². The van der Waals surface area contributed by atoms with Crippen LogP contribution in [0.25, 0.3) is 0 Å². The van der Waals surface area contributed by atoms with E-state index in [9.17, 15) is 13.2 Å². The van der Waals surface area contributed by atoms with Gasteiger partial charge in [-0.25, -0.2) is 8.42 Å². The number of nitrogens with one attached hydrogen (secondary N) is 1. The Bertz CT molecular complexity index is 979. The van der Waals surface area contributed by atoms with Gasteiger partial charge in [0.05, 0.1) is 9.92 Å². The van der Waals surface area contributed by atoms with Gasteiger partial charge in [-0.15, -0.1) is 0 Å². The largest absolute Gasteiger partial charge is 0.482 e. The maximum atomic E-state index is 12.6. The van der Waals surface area contributed by atoms with E-state index in [0.717, 1.165) is 22.4 Å². The zero-order chi connectivity index (χ0) is 21.8. The smallest absolute Gasteiger partial charge is 0.262 e. The van der Waals surface area contributed by atoms with Crippen LogP contribution in [0.15, 0.2) is 35.2 Å². The summed E-state index contributed by atoms with van der Waals surface area (Å²) in [7, 11) is -3.61. The molecule has 2 rings (SSSR count). The lowest BCUT2D eigenvalue weighted by Gasteiger charge is -2.19. The van der Waals surface area contributed by atoms with Crippen molar-refractivity contribution in [3.63, 3.8) is 0 Å². The SMILES string of the molecule is CCN(CC)S(=O)(=O)c1ccc(OCC(=O)Nc2c(C)cc(C)cc2C)c(Cl)c1. The third-order valence-electron chi connectivity index (χ3n) is 4.55. The van der Waals surface area contributed by atoms with Crippen molar-refractivity contribution in [1.29, 1.82) is 0 Å². The van der Waals surface area contributed by atoms with E-state index in [4.69, 9.17) is 16.3 Å². The lowest BCUT2D eigenvalue weighted by atomic mass is 10.1. The Hall–Kier alpha value is -2.09. The molecule has 0 saturated heterocycles. The van der Waals surface area contributed by atoms with Gasteiger partial charge >= 0.3 is 0 Å². The molecule has 0 heterocycles. The fraction of sp³-hybridized carbons (Fsp3) is 0.381. The molecule has 0 aliphatic carbocycles. The maximum absolute atomic E-state index is 12.6. The number of carbonyl (C=O) groups is 1. The Morgan fingerprint density at radius 1 is 1.07 bits per heavy atom. The van der Waals surface area contributed by atoms with Crippen LogP contribution in [-0.4, -0.2) is 38.3 Å². The number of hydrogen-bond donors (Lipinski definition) is 1. The van der Waals surface area contributed by atoms with E-state index >= 15 is 0 Å². The number of sulfonamides is 1. The van der Waals surface area contributed by atoms with Crippen LogP contribution >= 0.6 is 11.6 Å². The zero-order valence-electron chi connectivity index (χ0n) is 17.4. The Labute approximate surface area is 177 Å². The summed E-state index contributed by atoms with van der Waals surface area (Å²) in [5.41, 5.74) is 3.83. The Kier molecular flexibility index (Phi) is 7.68. The lowest BCUT2D eigenvalue weighted by molar-refractivity contribution is -0.118. The molecule has 0 aliphatic heterocycles. The van der Waals surface area contributed by atoms with E-state index in [1.807, 2.05) is 32.9 Å². The average molecular weight is 439 g/mol. The van der Waals surface area contributed by atoms with Crippen LogP contribution < -0.4 is 10.1 Å². The van der Waals surface area contributed by atoms with Crippen molar-refractivity contribution in [3.8, 4) is 5.75 Å². The van der Waals surface area contributed by atoms with Crippen LogP contribution in [0.2, 0.25) is 5.02 Å². The summed E-state index contributed by atoms with van der Waals surface area (Å²) < 4.78 is 32.0. The lowest BCUT2D eigenvalue weighted by Crippen LogP contribution is -2.30.